The second-order valence-electron chi connectivity index (χ2n) is 4.86. The number of rotatable bonds is 8. The lowest BCUT2D eigenvalue weighted by atomic mass is 10.1. The lowest BCUT2D eigenvalue weighted by molar-refractivity contribution is 0.0698. The second kappa shape index (κ2) is 7.84. The molecule has 3 nitrogen and oxygen atoms in total. The molecule has 21 heavy (non-hydrogen) atoms. The van der Waals surface area contributed by atoms with E-state index in [1.54, 1.807) is 0 Å². The molecular formula is C17H20O3S. The fourth-order valence-electron chi connectivity index (χ4n) is 2.11. The second-order valence-corrected chi connectivity index (χ2v) is 5.99. The van der Waals surface area contributed by atoms with Gasteiger partial charge in [0.1, 0.15) is 5.75 Å². The van der Waals surface area contributed by atoms with Gasteiger partial charge in [-0.25, -0.2) is 4.79 Å². The van der Waals surface area contributed by atoms with Crippen LogP contribution in [-0.2, 0) is 12.8 Å². The Bertz CT molecular complexity index is 575. The van der Waals surface area contributed by atoms with Crippen LogP contribution in [0.25, 0.3) is 0 Å². The molecule has 0 aliphatic heterocycles. The molecule has 1 N–H and O–H groups in total. The maximum atomic E-state index is 11.2. The molecule has 2 rings (SSSR count). The van der Waals surface area contributed by atoms with Gasteiger partial charge in [-0.3, -0.25) is 0 Å². The lowest BCUT2D eigenvalue weighted by Gasteiger charge is -2.05. The minimum Gasteiger partial charge on any atom is -0.492 e. The Morgan fingerprint density at radius 1 is 1.24 bits per heavy atom. The van der Waals surface area contributed by atoms with Crippen molar-refractivity contribution in [3.63, 3.8) is 0 Å². The van der Waals surface area contributed by atoms with Crippen LogP contribution >= 0.6 is 11.3 Å². The van der Waals surface area contributed by atoms with Crippen LogP contribution in [0.4, 0.5) is 0 Å². The molecule has 1 aromatic heterocycles. The average molecular weight is 304 g/mol. The summed E-state index contributed by atoms with van der Waals surface area (Å²) in [5.74, 6) is -0.386. The summed E-state index contributed by atoms with van der Waals surface area (Å²) < 4.78 is 5.65. The van der Waals surface area contributed by atoms with E-state index in [1.165, 1.54) is 16.9 Å². The third-order valence-electron chi connectivity index (χ3n) is 3.25. The van der Waals surface area contributed by atoms with Crippen LogP contribution in [0.3, 0.4) is 0 Å². The Labute approximate surface area is 129 Å². The van der Waals surface area contributed by atoms with E-state index in [0.717, 1.165) is 30.6 Å². The molecule has 0 aliphatic carbocycles. The number of ether oxygens (including phenoxy) is 1. The van der Waals surface area contributed by atoms with Crippen molar-refractivity contribution in [2.45, 2.75) is 32.6 Å². The van der Waals surface area contributed by atoms with Gasteiger partial charge >= 0.3 is 5.97 Å². The first-order chi connectivity index (χ1) is 10.2. The number of carboxylic acids is 1. The van der Waals surface area contributed by atoms with Crippen LogP contribution in [0.15, 0.2) is 36.4 Å². The fourth-order valence-corrected chi connectivity index (χ4v) is 2.99. The van der Waals surface area contributed by atoms with Crippen molar-refractivity contribution < 1.29 is 14.6 Å². The summed E-state index contributed by atoms with van der Waals surface area (Å²) in [5, 5.41) is 9.16. The number of hydrogen-bond acceptors (Lipinski definition) is 3. The van der Waals surface area contributed by atoms with Crippen molar-refractivity contribution in [3.05, 3.63) is 51.7 Å². The molecule has 0 fully saturated rings. The quantitative estimate of drug-likeness (QED) is 0.735. The maximum Gasteiger partial charge on any atom is 0.349 e. The van der Waals surface area contributed by atoms with Gasteiger partial charge in [-0.05, 0) is 37.3 Å². The van der Waals surface area contributed by atoms with Crippen LogP contribution in [0.5, 0.6) is 5.75 Å². The minimum absolute atomic E-state index is 0.315. The Morgan fingerprint density at radius 2 is 2.00 bits per heavy atom. The molecule has 1 heterocycles. The van der Waals surface area contributed by atoms with E-state index in [-0.39, 0.29) is 0 Å². The fraction of sp³-hybridized carbons (Fsp3) is 0.353. The third kappa shape index (κ3) is 4.60. The SMILES string of the molecule is CCc1cc(OCCCCc2ccccc2)c(C(=O)O)s1. The van der Waals surface area contributed by atoms with E-state index in [0.29, 0.717) is 17.2 Å². The van der Waals surface area contributed by atoms with E-state index in [2.05, 4.69) is 12.1 Å². The predicted octanol–water partition coefficient (Wildman–Crippen LogP) is 4.41. The summed E-state index contributed by atoms with van der Waals surface area (Å²) in [6.45, 7) is 2.58. The van der Waals surface area contributed by atoms with Gasteiger partial charge in [-0.1, -0.05) is 37.3 Å². The molecule has 0 amide bonds. The highest BCUT2D eigenvalue weighted by atomic mass is 32.1. The van der Waals surface area contributed by atoms with Crippen molar-refractivity contribution in [1.82, 2.24) is 0 Å². The van der Waals surface area contributed by atoms with Gasteiger partial charge in [-0.2, -0.15) is 0 Å². The first kappa shape index (κ1) is 15.6. The number of unbranched alkanes of at least 4 members (excludes halogenated alkanes) is 1. The van der Waals surface area contributed by atoms with E-state index in [1.807, 2.05) is 31.2 Å². The summed E-state index contributed by atoms with van der Waals surface area (Å²) >= 11 is 1.30. The number of hydrogen-bond donors (Lipinski definition) is 1. The molecular weight excluding hydrogens is 284 g/mol. The summed E-state index contributed by atoms with van der Waals surface area (Å²) in [5.41, 5.74) is 1.33. The van der Waals surface area contributed by atoms with Gasteiger partial charge < -0.3 is 9.84 Å². The molecule has 4 heteroatoms. The molecule has 0 saturated heterocycles. The molecule has 0 saturated carbocycles. The molecule has 112 valence electrons. The Balaban J connectivity index is 1.78. The zero-order chi connectivity index (χ0) is 15.1. The Morgan fingerprint density at radius 3 is 2.67 bits per heavy atom. The molecule has 2 aromatic rings. The van der Waals surface area contributed by atoms with Gasteiger partial charge in [-0.15, -0.1) is 11.3 Å². The predicted molar refractivity (Wildman–Crippen MR) is 85.5 cm³/mol. The van der Waals surface area contributed by atoms with Gasteiger partial charge in [0.05, 0.1) is 6.61 Å². The van der Waals surface area contributed by atoms with Crippen molar-refractivity contribution in [2.24, 2.45) is 0 Å². The molecule has 0 atom stereocenters. The van der Waals surface area contributed by atoms with E-state index < -0.39 is 5.97 Å². The zero-order valence-corrected chi connectivity index (χ0v) is 13.0. The number of thiophene rings is 1. The number of carboxylic acid groups (broad SMARTS) is 1. The highest BCUT2D eigenvalue weighted by Gasteiger charge is 2.15. The highest BCUT2D eigenvalue weighted by Crippen LogP contribution is 2.30. The van der Waals surface area contributed by atoms with Crippen LogP contribution in [-0.4, -0.2) is 17.7 Å². The van der Waals surface area contributed by atoms with E-state index >= 15 is 0 Å². The number of benzene rings is 1. The first-order valence-corrected chi connectivity index (χ1v) is 8.05. The van der Waals surface area contributed by atoms with E-state index in [4.69, 9.17) is 9.84 Å². The normalized spacial score (nSPS) is 10.5. The van der Waals surface area contributed by atoms with Crippen molar-refractivity contribution in [2.75, 3.05) is 6.61 Å². The average Bonchev–Trinajstić information content (AvgIpc) is 2.91. The third-order valence-corrected chi connectivity index (χ3v) is 4.50. The van der Waals surface area contributed by atoms with Gasteiger partial charge in [0, 0.05) is 4.88 Å². The molecule has 1 aromatic carbocycles. The van der Waals surface area contributed by atoms with Crippen LogP contribution in [0.1, 0.15) is 39.9 Å². The lowest BCUT2D eigenvalue weighted by Crippen LogP contribution is -2.02. The van der Waals surface area contributed by atoms with Crippen LogP contribution < -0.4 is 4.74 Å². The molecule has 0 spiro atoms. The first-order valence-electron chi connectivity index (χ1n) is 7.23. The molecule has 0 unspecified atom stereocenters. The summed E-state index contributed by atoms with van der Waals surface area (Å²) in [6.07, 6.45) is 3.82. The number of aryl methyl sites for hydroxylation is 2. The summed E-state index contributed by atoms with van der Waals surface area (Å²) in [7, 11) is 0. The molecule has 0 aliphatic rings. The topological polar surface area (TPSA) is 46.5 Å². The smallest absolute Gasteiger partial charge is 0.349 e. The monoisotopic (exact) mass is 304 g/mol. The van der Waals surface area contributed by atoms with E-state index in [9.17, 15) is 4.79 Å². The van der Waals surface area contributed by atoms with Crippen molar-refractivity contribution in [3.8, 4) is 5.75 Å². The van der Waals surface area contributed by atoms with Crippen LogP contribution in [0.2, 0.25) is 0 Å². The summed E-state index contributed by atoms with van der Waals surface area (Å²) in [6, 6.07) is 12.2. The summed E-state index contributed by atoms with van der Waals surface area (Å²) in [4.78, 5) is 12.5. The Kier molecular flexibility index (Phi) is 5.81. The standard InChI is InChI=1S/C17H20O3S/c1-2-14-12-15(16(21-14)17(18)19)20-11-7-6-10-13-8-4-3-5-9-13/h3-5,8-9,12H,2,6-7,10-11H2,1H3,(H,18,19). The molecule has 0 radical (unpaired) electrons. The van der Waals surface area contributed by atoms with Crippen molar-refractivity contribution >= 4 is 17.3 Å². The Hall–Kier alpha value is -1.81. The van der Waals surface area contributed by atoms with Crippen LogP contribution in [0, 0.1) is 0 Å². The van der Waals surface area contributed by atoms with Crippen molar-refractivity contribution in [1.29, 1.82) is 0 Å². The minimum atomic E-state index is -0.904. The maximum absolute atomic E-state index is 11.2. The van der Waals surface area contributed by atoms with Gasteiger partial charge in [0.2, 0.25) is 0 Å². The highest BCUT2D eigenvalue weighted by molar-refractivity contribution is 7.14. The van der Waals surface area contributed by atoms with Gasteiger partial charge in [0.25, 0.3) is 0 Å². The number of carbonyl (C=O) groups is 1. The largest absolute Gasteiger partial charge is 0.492 e. The molecule has 0 bridgehead atoms. The number of aromatic carboxylic acids is 1. The zero-order valence-electron chi connectivity index (χ0n) is 12.2. The van der Waals surface area contributed by atoms with Gasteiger partial charge in [0.15, 0.2) is 4.88 Å².